The molecule has 0 spiro atoms. The van der Waals surface area contributed by atoms with Crippen LogP contribution in [0.15, 0.2) is 24.3 Å². The monoisotopic (exact) mass is 295 g/mol. The minimum atomic E-state index is -0.220. The Bertz CT molecular complexity index is 414. The van der Waals surface area contributed by atoms with Crippen molar-refractivity contribution < 1.29 is 19.0 Å². The number of ether oxygens (including phenoxy) is 3. The van der Waals surface area contributed by atoms with Crippen LogP contribution in [-0.2, 0) is 32.0 Å². The van der Waals surface area contributed by atoms with Crippen LogP contribution < -0.4 is 0 Å². The summed E-state index contributed by atoms with van der Waals surface area (Å²) in [6.07, 6.45) is 0.301. The lowest BCUT2D eigenvalue weighted by Crippen LogP contribution is -2.30. The number of carbonyl (C=O) groups excluding carboxylic acids is 1. The average Bonchev–Trinajstić information content (AvgIpc) is 2.51. The molecule has 118 valence electrons. The van der Waals surface area contributed by atoms with E-state index in [0.29, 0.717) is 19.6 Å². The molecule has 0 heterocycles. The minimum Gasteiger partial charge on any atom is -0.469 e. The molecule has 0 aromatic heterocycles. The number of rotatable bonds is 10. The van der Waals surface area contributed by atoms with Gasteiger partial charge in [-0.05, 0) is 11.1 Å². The Kier molecular flexibility index (Phi) is 8.66. The van der Waals surface area contributed by atoms with E-state index in [1.54, 1.807) is 14.2 Å². The normalized spacial score (nSPS) is 10.9. The second-order valence-electron chi connectivity index (χ2n) is 4.78. The first kappa shape index (κ1) is 17.6. The average molecular weight is 295 g/mol. The van der Waals surface area contributed by atoms with Gasteiger partial charge in [0, 0.05) is 33.9 Å². The molecule has 0 bridgehead atoms. The van der Waals surface area contributed by atoms with Gasteiger partial charge in [0.25, 0.3) is 0 Å². The Balaban J connectivity index is 2.74. The second-order valence-corrected chi connectivity index (χ2v) is 4.78. The highest BCUT2D eigenvalue weighted by atomic mass is 16.5. The Labute approximate surface area is 126 Å². The molecular weight excluding hydrogens is 270 g/mol. The summed E-state index contributed by atoms with van der Waals surface area (Å²) in [5, 5.41) is 0. The fourth-order valence-electron chi connectivity index (χ4n) is 2.06. The first-order valence-electron chi connectivity index (χ1n) is 7.05. The highest BCUT2D eigenvalue weighted by molar-refractivity contribution is 5.72. The van der Waals surface area contributed by atoms with Gasteiger partial charge in [-0.3, -0.25) is 9.69 Å². The molecular formula is C16H25NO4. The van der Waals surface area contributed by atoms with Crippen LogP contribution in [0.1, 0.15) is 11.1 Å². The lowest BCUT2D eigenvalue weighted by atomic mass is 10.0. The van der Waals surface area contributed by atoms with E-state index >= 15 is 0 Å². The number of benzene rings is 1. The van der Waals surface area contributed by atoms with Crippen LogP contribution in [0.25, 0.3) is 0 Å². The van der Waals surface area contributed by atoms with E-state index in [1.807, 2.05) is 24.3 Å². The summed E-state index contributed by atoms with van der Waals surface area (Å²) in [6, 6.07) is 7.94. The van der Waals surface area contributed by atoms with Crippen LogP contribution in [0.2, 0.25) is 0 Å². The molecule has 0 saturated carbocycles. The molecule has 0 aliphatic rings. The molecule has 1 rings (SSSR count). The van der Waals surface area contributed by atoms with Crippen molar-refractivity contribution >= 4 is 5.97 Å². The van der Waals surface area contributed by atoms with Crippen LogP contribution in [0, 0.1) is 0 Å². The maximum atomic E-state index is 11.5. The zero-order chi connectivity index (χ0) is 15.5. The summed E-state index contributed by atoms with van der Waals surface area (Å²) in [6.45, 7) is 3.75. The first-order chi connectivity index (χ1) is 10.2. The van der Waals surface area contributed by atoms with Gasteiger partial charge in [-0.25, -0.2) is 0 Å². The lowest BCUT2D eigenvalue weighted by molar-refractivity contribution is -0.139. The van der Waals surface area contributed by atoms with E-state index in [4.69, 9.17) is 14.2 Å². The SMILES string of the molecule is COCCN(CCOC)Cc1ccccc1CC(=O)OC. The zero-order valence-corrected chi connectivity index (χ0v) is 13.1. The maximum Gasteiger partial charge on any atom is 0.309 e. The summed E-state index contributed by atoms with van der Waals surface area (Å²) in [5.41, 5.74) is 2.14. The fourth-order valence-corrected chi connectivity index (χ4v) is 2.06. The Hall–Kier alpha value is -1.43. The van der Waals surface area contributed by atoms with Crippen molar-refractivity contribution in [1.29, 1.82) is 0 Å². The van der Waals surface area contributed by atoms with E-state index in [2.05, 4.69) is 4.90 Å². The largest absolute Gasteiger partial charge is 0.469 e. The van der Waals surface area contributed by atoms with Gasteiger partial charge in [-0.1, -0.05) is 24.3 Å². The second kappa shape index (κ2) is 10.3. The number of hydrogen-bond acceptors (Lipinski definition) is 5. The zero-order valence-electron chi connectivity index (χ0n) is 13.1. The smallest absolute Gasteiger partial charge is 0.309 e. The molecule has 21 heavy (non-hydrogen) atoms. The molecule has 0 unspecified atom stereocenters. The molecule has 0 aliphatic carbocycles. The quantitative estimate of drug-likeness (QED) is 0.612. The van der Waals surface area contributed by atoms with Gasteiger partial charge in [0.1, 0.15) is 0 Å². The highest BCUT2D eigenvalue weighted by Crippen LogP contribution is 2.13. The third kappa shape index (κ3) is 6.71. The molecule has 1 aromatic rings. The highest BCUT2D eigenvalue weighted by Gasteiger charge is 2.11. The van der Waals surface area contributed by atoms with Gasteiger partial charge in [0.05, 0.1) is 26.7 Å². The fraction of sp³-hybridized carbons (Fsp3) is 0.562. The van der Waals surface area contributed by atoms with Crippen molar-refractivity contribution in [3.8, 4) is 0 Å². The number of esters is 1. The van der Waals surface area contributed by atoms with Crippen molar-refractivity contribution in [2.24, 2.45) is 0 Å². The van der Waals surface area contributed by atoms with Crippen molar-refractivity contribution in [1.82, 2.24) is 4.90 Å². The predicted molar refractivity (Wildman–Crippen MR) is 81.2 cm³/mol. The van der Waals surface area contributed by atoms with Crippen LogP contribution in [0.5, 0.6) is 0 Å². The summed E-state index contributed by atoms with van der Waals surface area (Å²) < 4.78 is 15.0. The Morgan fingerprint density at radius 1 is 1.00 bits per heavy atom. The third-order valence-corrected chi connectivity index (χ3v) is 3.30. The number of nitrogens with zero attached hydrogens (tertiary/aromatic N) is 1. The molecule has 0 N–H and O–H groups in total. The molecule has 0 aliphatic heterocycles. The van der Waals surface area contributed by atoms with Gasteiger partial charge in [0.2, 0.25) is 0 Å². The molecule has 0 saturated heterocycles. The number of carbonyl (C=O) groups is 1. The molecule has 5 heteroatoms. The van der Waals surface area contributed by atoms with Crippen LogP contribution in [0.3, 0.4) is 0 Å². The van der Waals surface area contributed by atoms with Crippen molar-refractivity contribution in [3.63, 3.8) is 0 Å². The van der Waals surface area contributed by atoms with Crippen molar-refractivity contribution in [2.45, 2.75) is 13.0 Å². The minimum absolute atomic E-state index is 0.220. The number of hydrogen-bond donors (Lipinski definition) is 0. The summed E-state index contributed by atoms with van der Waals surface area (Å²) in [5.74, 6) is -0.220. The molecule has 0 fully saturated rings. The first-order valence-corrected chi connectivity index (χ1v) is 7.05. The van der Waals surface area contributed by atoms with Gasteiger partial charge in [0.15, 0.2) is 0 Å². The van der Waals surface area contributed by atoms with E-state index in [0.717, 1.165) is 30.8 Å². The molecule has 0 atom stereocenters. The maximum absolute atomic E-state index is 11.5. The summed E-state index contributed by atoms with van der Waals surface area (Å²) >= 11 is 0. The third-order valence-electron chi connectivity index (χ3n) is 3.30. The predicted octanol–water partition coefficient (Wildman–Crippen LogP) is 1.50. The van der Waals surface area contributed by atoms with E-state index in [1.165, 1.54) is 7.11 Å². The van der Waals surface area contributed by atoms with Gasteiger partial charge in [-0.15, -0.1) is 0 Å². The van der Waals surface area contributed by atoms with Crippen molar-refractivity contribution in [3.05, 3.63) is 35.4 Å². The van der Waals surface area contributed by atoms with Crippen LogP contribution >= 0.6 is 0 Å². The van der Waals surface area contributed by atoms with Gasteiger partial charge in [-0.2, -0.15) is 0 Å². The standard InChI is InChI=1S/C16H25NO4/c1-19-10-8-17(9-11-20-2)13-15-7-5-4-6-14(15)12-16(18)21-3/h4-7H,8-13H2,1-3H3. The topological polar surface area (TPSA) is 48.0 Å². The van der Waals surface area contributed by atoms with E-state index < -0.39 is 0 Å². The lowest BCUT2D eigenvalue weighted by Gasteiger charge is -2.23. The number of methoxy groups -OCH3 is 3. The van der Waals surface area contributed by atoms with E-state index in [-0.39, 0.29) is 5.97 Å². The molecule has 5 nitrogen and oxygen atoms in total. The van der Waals surface area contributed by atoms with Gasteiger partial charge < -0.3 is 14.2 Å². The van der Waals surface area contributed by atoms with Crippen LogP contribution in [-0.4, -0.2) is 58.5 Å². The molecule has 0 amide bonds. The van der Waals surface area contributed by atoms with E-state index in [9.17, 15) is 4.79 Å². The molecule has 0 radical (unpaired) electrons. The Morgan fingerprint density at radius 3 is 2.10 bits per heavy atom. The van der Waals surface area contributed by atoms with Crippen LogP contribution in [0.4, 0.5) is 0 Å². The summed E-state index contributed by atoms with van der Waals surface area (Å²) in [7, 11) is 4.80. The molecule has 1 aromatic carbocycles. The van der Waals surface area contributed by atoms with Gasteiger partial charge >= 0.3 is 5.97 Å². The Morgan fingerprint density at radius 2 is 1.57 bits per heavy atom. The van der Waals surface area contributed by atoms with Crippen molar-refractivity contribution in [2.75, 3.05) is 47.6 Å². The summed E-state index contributed by atoms with van der Waals surface area (Å²) in [4.78, 5) is 13.7.